The van der Waals surface area contributed by atoms with Gasteiger partial charge in [-0.25, -0.2) is 13.2 Å². The van der Waals surface area contributed by atoms with Crippen molar-refractivity contribution in [1.82, 2.24) is 14.7 Å². The molecule has 5 rings (SSSR count). The maximum absolute atomic E-state index is 13.7. The molecular formula is C29H33N3O5S. The highest BCUT2D eigenvalue weighted by molar-refractivity contribution is 7.90. The quantitative estimate of drug-likeness (QED) is 0.461. The Labute approximate surface area is 223 Å². The first-order valence-electron chi connectivity index (χ1n) is 12.9. The highest BCUT2D eigenvalue weighted by Gasteiger charge is 2.39. The highest BCUT2D eigenvalue weighted by atomic mass is 32.2. The molecule has 1 heterocycles. The van der Waals surface area contributed by atoms with Crippen LogP contribution in [0.3, 0.4) is 0 Å². The molecular weight excluding hydrogens is 502 g/mol. The summed E-state index contributed by atoms with van der Waals surface area (Å²) in [4.78, 5) is 28.5. The Morgan fingerprint density at radius 3 is 2.32 bits per heavy atom. The molecule has 1 unspecified atom stereocenters. The summed E-state index contributed by atoms with van der Waals surface area (Å²) in [6, 6.07) is 14.3. The van der Waals surface area contributed by atoms with Crippen molar-refractivity contribution in [2.45, 2.75) is 75.5 Å². The molecule has 38 heavy (non-hydrogen) atoms. The molecule has 3 aromatic rings. The molecule has 2 aliphatic carbocycles. The smallest absolute Gasteiger partial charge is 0.435 e. The predicted octanol–water partition coefficient (Wildman–Crippen LogP) is 4.90. The van der Waals surface area contributed by atoms with E-state index < -0.39 is 21.5 Å². The van der Waals surface area contributed by atoms with Crippen LogP contribution in [0.4, 0.5) is 4.79 Å². The number of aryl methyl sites for hydroxylation is 1. The van der Waals surface area contributed by atoms with Crippen LogP contribution in [0, 0.1) is 0 Å². The predicted molar refractivity (Wildman–Crippen MR) is 144 cm³/mol. The van der Waals surface area contributed by atoms with Gasteiger partial charge in [-0.2, -0.15) is 9.78 Å². The number of carbonyl (C=O) groups excluding carboxylic acids is 2. The number of hydrogen-bond donors (Lipinski definition) is 0. The molecule has 1 aromatic heterocycles. The second-order valence-electron chi connectivity index (χ2n) is 11.2. The van der Waals surface area contributed by atoms with Gasteiger partial charge in [-0.05, 0) is 82.2 Å². The standard InChI is InChI=1S/C29H33N3O5S/c1-29(2,3)37-28(34)31-18-21-17-23(15-16-25(21)30-31)32(22-13-14-22)27(33)20-11-9-19(10-12-20)24-7-5-6-8-26(24)38(4,35)36/h5-12,18,22-23H,13-17H2,1-4H3. The van der Waals surface area contributed by atoms with E-state index in [-0.39, 0.29) is 22.9 Å². The Morgan fingerprint density at radius 1 is 1.00 bits per heavy atom. The topological polar surface area (TPSA) is 98.6 Å². The minimum atomic E-state index is -3.39. The largest absolute Gasteiger partial charge is 0.442 e. The number of rotatable bonds is 5. The fraction of sp³-hybridized carbons (Fsp3) is 0.414. The van der Waals surface area contributed by atoms with Gasteiger partial charge in [0.2, 0.25) is 0 Å². The zero-order valence-electron chi connectivity index (χ0n) is 22.2. The summed E-state index contributed by atoms with van der Waals surface area (Å²) in [5.74, 6) is -0.0246. The van der Waals surface area contributed by atoms with Gasteiger partial charge in [0.25, 0.3) is 5.91 Å². The Bertz CT molecular complexity index is 1480. The Morgan fingerprint density at radius 2 is 1.68 bits per heavy atom. The molecule has 1 saturated carbocycles. The molecule has 0 N–H and O–H groups in total. The minimum Gasteiger partial charge on any atom is -0.442 e. The van der Waals surface area contributed by atoms with Crippen LogP contribution in [0.25, 0.3) is 11.1 Å². The Kier molecular flexibility index (Phi) is 6.67. The van der Waals surface area contributed by atoms with E-state index in [0.29, 0.717) is 24.0 Å². The number of sulfone groups is 1. The van der Waals surface area contributed by atoms with E-state index in [0.717, 1.165) is 36.1 Å². The van der Waals surface area contributed by atoms with E-state index >= 15 is 0 Å². The van der Waals surface area contributed by atoms with Gasteiger partial charge in [-0.15, -0.1) is 0 Å². The van der Waals surface area contributed by atoms with E-state index in [9.17, 15) is 18.0 Å². The lowest BCUT2D eigenvalue weighted by Gasteiger charge is -2.34. The Balaban J connectivity index is 1.35. The number of aromatic nitrogens is 2. The first kappa shape index (κ1) is 26.2. The van der Waals surface area contributed by atoms with Crippen LogP contribution >= 0.6 is 0 Å². The maximum Gasteiger partial charge on any atom is 0.435 e. The van der Waals surface area contributed by atoms with Crippen molar-refractivity contribution in [2.75, 3.05) is 6.26 Å². The van der Waals surface area contributed by atoms with Gasteiger partial charge >= 0.3 is 6.09 Å². The van der Waals surface area contributed by atoms with Crippen LogP contribution in [0.1, 0.15) is 61.6 Å². The molecule has 1 amide bonds. The number of hydrogen-bond acceptors (Lipinski definition) is 6. The van der Waals surface area contributed by atoms with Gasteiger partial charge in [0.15, 0.2) is 9.84 Å². The summed E-state index contributed by atoms with van der Waals surface area (Å²) in [5, 5.41) is 4.45. The normalized spacial score (nSPS) is 17.5. The summed E-state index contributed by atoms with van der Waals surface area (Å²) in [6.45, 7) is 5.46. The summed E-state index contributed by atoms with van der Waals surface area (Å²) >= 11 is 0. The second kappa shape index (κ2) is 9.69. The van der Waals surface area contributed by atoms with Crippen LogP contribution in [0.5, 0.6) is 0 Å². The van der Waals surface area contributed by atoms with Gasteiger partial charge in [-0.1, -0.05) is 30.3 Å². The van der Waals surface area contributed by atoms with Crippen molar-refractivity contribution in [3.63, 3.8) is 0 Å². The lowest BCUT2D eigenvalue weighted by Crippen LogP contribution is -2.44. The second-order valence-corrected chi connectivity index (χ2v) is 13.2. The SMILES string of the molecule is CC(C)(C)OC(=O)n1cc2c(n1)CCC(N(C(=O)c1ccc(-c3ccccc3S(C)(=O)=O)cc1)C1CC1)C2. The van der Waals surface area contributed by atoms with E-state index in [1.165, 1.54) is 10.9 Å². The minimum absolute atomic E-state index is 0.0180. The molecule has 8 nitrogen and oxygen atoms in total. The molecule has 0 radical (unpaired) electrons. The van der Waals surface area contributed by atoms with Gasteiger partial charge < -0.3 is 9.64 Å². The average Bonchev–Trinajstić information content (AvgIpc) is 3.59. The van der Waals surface area contributed by atoms with Crippen LogP contribution in [-0.2, 0) is 27.4 Å². The number of carbonyl (C=O) groups is 2. The van der Waals surface area contributed by atoms with Crippen LogP contribution < -0.4 is 0 Å². The number of benzene rings is 2. The first-order valence-corrected chi connectivity index (χ1v) is 14.8. The molecule has 0 aliphatic heterocycles. The molecule has 1 atom stereocenters. The van der Waals surface area contributed by atoms with Crippen molar-refractivity contribution < 1.29 is 22.7 Å². The molecule has 1 fully saturated rings. The Hall–Kier alpha value is -3.46. The van der Waals surface area contributed by atoms with Gasteiger partial charge in [0, 0.05) is 35.7 Å². The number of nitrogens with zero attached hydrogens (tertiary/aromatic N) is 3. The van der Waals surface area contributed by atoms with E-state index in [1.807, 2.05) is 37.8 Å². The maximum atomic E-state index is 13.7. The lowest BCUT2D eigenvalue weighted by atomic mass is 9.91. The zero-order valence-corrected chi connectivity index (χ0v) is 23.0. The number of fused-ring (bicyclic) bond motifs is 1. The van der Waals surface area contributed by atoms with Crippen molar-refractivity contribution in [3.05, 3.63) is 71.5 Å². The van der Waals surface area contributed by atoms with Gasteiger partial charge in [0.05, 0.1) is 10.6 Å². The van der Waals surface area contributed by atoms with Gasteiger partial charge in [-0.3, -0.25) is 4.79 Å². The van der Waals surface area contributed by atoms with Crippen molar-refractivity contribution >= 4 is 21.8 Å². The molecule has 0 bridgehead atoms. The summed E-state index contributed by atoms with van der Waals surface area (Å²) in [5.41, 5.74) is 3.19. The molecule has 0 spiro atoms. The average molecular weight is 536 g/mol. The van der Waals surface area contributed by atoms with E-state index in [1.54, 1.807) is 42.6 Å². The third kappa shape index (κ3) is 5.53. The number of amides is 1. The molecule has 200 valence electrons. The van der Waals surface area contributed by atoms with Crippen LogP contribution in [-0.4, -0.2) is 59.0 Å². The fourth-order valence-electron chi connectivity index (χ4n) is 5.08. The lowest BCUT2D eigenvalue weighted by molar-refractivity contribution is 0.0513. The summed E-state index contributed by atoms with van der Waals surface area (Å²) < 4.78 is 31.2. The van der Waals surface area contributed by atoms with Crippen molar-refractivity contribution in [2.24, 2.45) is 0 Å². The molecule has 2 aliphatic rings. The van der Waals surface area contributed by atoms with Crippen LogP contribution in [0.15, 0.2) is 59.6 Å². The summed E-state index contributed by atoms with van der Waals surface area (Å²) in [7, 11) is -3.39. The van der Waals surface area contributed by atoms with Gasteiger partial charge in [0.1, 0.15) is 5.60 Å². The molecule has 9 heteroatoms. The number of ether oxygens (including phenoxy) is 1. The third-order valence-corrected chi connectivity index (χ3v) is 8.08. The van der Waals surface area contributed by atoms with Crippen LogP contribution in [0.2, 0.25) is 0 Å². The highest BCUT2D eigenvalue weighted by Crippen LogP contribution is 2.35. The zero-order chi connectivity index (χ0) is 27.2. The van der Waals surface area contributed by atoms with E-state index in [2.05, 4.69) is 5.10 Å². The third-order valence-electron chi connectivity index (χ3n) is 6.93. The monoisotopic (exact) mass is 535 g/mol. The molecule has 0 saturated heterocycles. The summed E-state index contributed by atoms with van der Waals surface area (Å²) in [6.07, 6.45) is 6.49. The first-order chi connectivity index (χ1) is 17.9. The van der Waals surface area contributed by atoms with Crippen molar-refractivity contribution in [3.8, 4) is 11.1 Å². The molecule has 2 aromatic carbocycles. The van der Waals surface area contributed by atoms with E-state index in [4.69, 9.17) is 4.74 Å². The van der Waals surface area contributed by atoms with Crippen molar-refractivity contribution in [1.29, 1.82) is 0 Å². The fourth-order valence-corrected chi connectivity index (χ4v) is 5.99.